The molecule has 3 heteroatoms. The summed E-state index contributed by atoms with van der Waals surface area (Å²) < 4.78 is 6.86. The van der Waals surface area contributed by atoms with Gasteiger partial charge in [-0.15, -0.1) is 0 Å². The van der Waals surface area contributed by atoms with Crippen LogP contribution < -0.4 is 14.5 Å². The first kappa shape index (κ1) is 36.5. The lowest BCUT2D eigenvalue weighted by atomic mass is 9.92. The quantitative estimate of drug-likeness (QED) is 0.152. The fourth-order valence-corrected chi connectivity index (χ4v) is 9.38. The van der Waals surface area contributed by atoms with Crippen LogP contribution in [-0.2, 0) is 0 Å². The summed E-state index contributed by atoms with van der Waals surface area (Å²) in [4.78, 5) is 4.77. The van der Waals surface area contributed by atoms with Gasteiger partial charge in [-0.1, -0.05) is 170 Å². The van der Waals surface area contributed by atoms with E-state index in [-0.39, 0.29) is 0 Å². The molecule has 1 aliphatic heterocycles. The molecule has 0 N–H and O–H groups in total. The number of fused-ring (bicyclic) bond motifs is 4. The second kappa shape index (κ2) is 15.3. The Morgan fingerprint density at radius 3 is 1.46 bits per heavy atom. The van der Waals surface area contributed by atoms with E-state index in [0.717, 1.165) is 67.5 Å². The molecule has 0 spiro atoms. The highest BCUT2D eigenvalue weighted by Crippen LogP contribution is 2.52. The van der Waals surface area contributed by atoms with E-state index in [1.54, 1.807) is 0 Å². The van der Waals surface area contributed by atoms with E-state index in [2.05, 4.69) is 252 Å². The number of hydrogen-bond acceptors (Lipinski definition) is 3. The van der Waals surface area contributed by atoms with Gasteiger partial charge in [-0.25, -0.2) is 0 Å². The van der Waals surface area contributed by atoms with Crippen LogP contribution in [0, 0.1) is 0 Å². The Balaban J connectivity index is 1.01. The van der Waals surface area contributed by atoms with Crippen LogP contribution in [0.4, 0.5) is 34.1 Å². The zero-order valence-electron chi connectivity index (χ0n) is 34.4. The van der Waals surface area contributed by atoms with Crippen LogP contribution >= 0.6 is 0 Å². The summed E-state index contributed by atoms with van der Waals surface area (Å²) in [5.41, 5.74) is 13.4. The summed E-state index contributed by atoms with van der Waals surface area (Å²) in [7, 11) is 0. The molecule has 0 aliphatic carbocycles. The summed E-state index contributed by atoms with van der Waals surface area (Å²) in [6.07, 6.45) is 0. The van der Waals surface area contributed by atoms with Gasteiger partial charge in [0.1, 0.15) is 11.5 Å². The lowest BCUT2D eigenvalue weighted by Gasteiger charge is -2.31. The zero-order chi connectivity index (χ0) is 41.7. The van der Waals surface area contributed by atoms with E-state index in [4.69, 9.17) is 4.74 Å². The van der Waals surface area contributed by atoms with Crippen molar-refractivity contribution in [1.29, 1.82) is 0 Å². The molecule has 0 bridgehead atoms. The van der Waals surface area contributed by atoms with E-state index < -0.39 is 0 Å². The number of nitrogens with zero attached hydrogens (tertiary/aromatic N) is 2. The molecule has 1 heterocycles. The van der Waals surface area contributed by atoms with Crippen LogP contribution in [0.25, 0.3) is 65.7 Å². The Labute approximate surface area is 367 Å². The van der Waals surface area contributed by atoms with Crippen LogP contribution in [0.1, 0.15) is 0 Å². The highest BCUT2D eigenvalue weighted by molar-refractivity contribution is 6.11. The minimum absolute atomic E-state index is 0.840. The Kier molecular flexibility index (Phi) is 8.83. The maximum absolute atomic E-state index is 6.86. The van der Waals surface area contributed by atoms with Gasteiger partial charge in [-0.05, 0) is 117 Å². The van der Waals surface area contributed by atoms with Crippen LogP contribution in [-0.4, -0.2) is 0 Å². The Morgan fingerprint density at radius 2 is 0.762 bits per heavy atom. The number of anilines is 6. The van der Waals surface area contributed by atoms with Crippen molar-refractivity contribution < 1.29 is 4.74 Å². The second-order valence-corrected chi connectivity index (χ2v) is 16.1. The predicted molar refractivity (Wildman–Crippen MR) is 265 cm³/mol. The molecule has 0 radical (unpaired) electrons. The SMILES string of the molecule is c1ccc(-c2ccc(N(c3ccc4c(c3)-c3cccc5c(N(c6ccc(-c7ccccc7)cc6)c6ccc7ccccc7c6)ccc(c35)O4)c3cccc4ccccc34)cc2)cc1. The van der Waals surface area contributed by atoms with E-state index in [1.165, 1.54) is 43.8 Å². The molecule has 1 aliphatic rings. The molecule has 0 aromatic heterocycles. The van der Waals surface area contributed by atoms with E-state index in [9.17, 15) is 0 Å². The van der Waals surface area contributed by atoms with Crippen molar-refractivity contribution in [1.82, 2.24) is 0 Å². The largest absolute Gasteiger partial charge is 0.456 e. The van der Waals surface area contributed by atoms with Gasteiger partial charge in [0, 0.05) is 44.5 Å². The Morgan fingerprint density at radius 1 is 0.270 bits per heavy atom. The number of hydrogen-bond donors (Lipinski definition) is 0. The maximum Gasteiger partial charge on any atom is 0.136 e. The topological polar surface area (TPSA) is 15.7 Å². The van der Waals surface area contributed by atoms with Gasteiger partial charge in [0.2, 0.25) is 0 Å². The molecular formula is C60H40N2O. The van der Waals surface area contributed by atoms with Crippen molar-refractivity contribution in [2.24, 2.45) is 0 Å². The molecule has 11 aromatic rings. The number of rotatable bonds is 8. The fraction of sp³-hybridized carbons (Fsp3) is 0. The lowest BCUT2D eigenvalue weighted by molar-refractivity contribution is 0.487. The molecule has 0 saturated carbocycles. The summed E-state index contributed by atoms with van der Waals surface area (Å²) in [5.74, 6) is 1.69. The highest BCUT2D eigenvalue weighted by Gasteiger charge is 2.26. The standard InChI is InChI=1S/C60H40N2O/c1-3-13-41(14-4-1)44-25-30-48(31-26-44)61(50-34-29-43-17-7-8-19-47(43)39-50)57-36-38-59-60-53(22-12-23-54(57)60)55-40-51(35-37-58(55)63-59)62(56-24-11-20-46-18-9-10-21-52(46)56)49-32-27-45(28-33-49)42-15-5-2-6-16-42/h1-40H. The molecule has 11 aromatic carbocycles. The van der Waals surface area contributed by atoms with Crippen molar-refractivity contribution in [2.45, 2.75) is 0 Å². The summed E-state index contributed by atoms with van der Waals surface area (Å²) >= 11 is 0. The number of ether oxygens (including phenoxy) is 1. The van der Waals surface area contributed by atoms with Crippen molar-refractivity contribution >= 4 is 66.4 Å². The van der Waals surface area contributed by atoms with Gasteiger partial charge in [-0.2, -0.15) is 0 Å². The highest BCUT2D eigenvalue weighted by atomic mass is 16.5. The van der Waals surface area contributed by atoms with Crippen molar-refractivity contribution in [3.63, 3.8) is 0 Å². The molecular weight excluding hydrogens is 765 g/mol. The summed E-state index contributed by atoms with van der Waals surface area (Å²) in [6.45, 7) is 0. The van der Waals surface area contributed by atoms with E-state index >= 15 is 0 Å². The monoisotopic (exact) mass is 804 g/mol. The summed E-state index contributed by atoms with van der Waals surface area (Å²) in [6, 6.07) is 87.1. The van der Waals surface area contributed by atoms with Crippen LogP contribution in [0.3, 0.4) is 0 Å². The minimum Gasteiger partial charge on any atom is -0.456 e. The van der Waals surface area contributed by atoms with Gasteiger partial charge in [0.05, 0.1) is 11.4 Å². The molecule has 0 fully saturated rings. The molecule has 296 valence electrons. The first-order valence-corrected chi connectivity index (χ1v) is 21.5. The number of benzene rings is 11. The van der Waals surface area contributed by atoms with Crippen molar-refractivity contribution in [3.05, 3.63) is 243 Å². The molecule has 3 nitrogen and oxygen atoms in total. The summed E-state index contributed by atoms with van der Waals surface area (Å²) in [5, 5.41) is 6.99. The van der Waals surface area contributed by atoms with Gasteiger partial charge in [0.15, 0.2) is 0 Å². The third-order valence-corrected chi connectivity index (χ3v) is 12.4. The van der Waals surface area contributed by atoms with Gasteiger partial charge < -0.3 is 14.5 Å². The third kappa shape index (κ3) is 6.46. The van der Waals surface area contributed by atoms with Crippen molar-refractivity contribution in [3.8, 4) is 44.9 Å². The fourth-order valence-electron chi connectivity index (χ4n) is 9.38. The Hall–Kier alpha value is -8.40. The normalized spacial score (nSPS) is 11.6. The molecule has 0 atom stereocenters. The predicted octanol–water partition coefficient (Wildman–Crippen LogP) is 17.2. The average molecular weight is 805 g/mol. The van der Waals surface area contributed by atoms with Crippen LogP contribution in [0.5, 0.6) is 11.5 Å². The molecule has 63 heavy (non-hydrogen) atoms. The van der Waals surface area contributed by atoms with Gasteiger partial charge >= 0.3 is 0 Å². The van der Waals surface area contributed by atoms with E-state index in [0.29, 0.717) is 0 Å². The second-order valence-electron chi connectivity index (χ2n) is 16.1. The van der Waals surface area contributed by atoms with Crippen LogP contribution in [0.15, 0.2) is 243 Å². The molecule has 0 unspecified atom stereocenters. The molecule has 0 saturated heterocycles. The van der Waals surface area contributed by atoms with E-state index in [1.807, 2.05) is 0 Å². The maximum atomic E-state index is 6.86. The smallest absolute Gasteiger partial charge is 0.136 e. The third-order valence-electron chi connectivity index (χ3n) is 12.4. The zero-order valence-corrected chi connectivity index (χ0v) is 34.4. The lowest BCUT2D eigenvalue weighted by Crippen LogP contribution is -2.12. The van der Waals surface area contributed by atoms with Crippen molar-refractivity contribution in [2.75, 3.05) is 9.80 Å². The average Bonchev–Trinajstić information content (AvgIpc) is 3.36. The minimum atomic E-state index is 0.840. The van der Waals surface area contributed by atoms with Gasteiger partial charge in [0.25, 0.3) is 0 Å². The Bertz CT molecular complexity index is 3470. The van der Waals surface area contributed by atoms with Gasteiger partial charge in [-0.3, -0.25) is 0 Å². The van der Waals surface area contributed by atoms with Crippen LogP contribution in [0.2, 0.25) is 0 Å². The molecule has 12 rings (SSSR count). The first-order chi connectivity index (χ1) is 31.2. The first-order valence-electron chi connectivity index (χ1n) is 21.5. The molecule has 0 amide bonds.